The lowest BCUT2D eigenvalue weighted by molar-refractivity contribution is 0.0928. The number of carbonyl (C=O) groups is 2. The zero-order valence-corrected chi connectivity index (χ0v) is 16.4. The van der Waals surface area contributed by atoms with E-state index in [0.29, 0.717) is 12.2 Å². The van der Waals surface area contributed by atoms with E-state index in [-0.39, 0.29) is 11.4 Å². The molecule has 0 bridgehead atoms. The molecule has 8 nitrogen and oxygen atoms in total. The van der Waals surface area contributed by atoms with Crippen molar-refractivity contribution < 1.29 is 14.7 Å². The number of hydrazine groups is 1. The molecule has 0 unspecified atom stereocenters. The smallest absolute Gasteiger partial charge is 0.333 e. The van der Waals surface area contributed by atoms with Gasteiger partial charge >= 0.3 is 6.03 Å². The normalized spacial score (nSPS) is 10.3. The van der Waals surface area contributed by atoms with Gasteiger partial charge in [0.25, 0.3) is 5.91 Å². The third-order valence-electron chi connectivity index (χ3n) is 3.84. The SMILES string of the molecule is O=C(NCCCSc1ccccc1)NNC(=O)c1nn(-c2ccccc2)cc1O. The number of nitrogens with zero attached hydrogens (tertiary/aromatic N) is 2. The Bertz CT molecular complexity index is 947. The molecule has 0 spiro atoms. The van der Waals surface area contributed by atoms with Gasteiger partial charge in [0.15, 0.2) is 11.4 Å². The molecule has 2 aromatic carbocycles. The van der Waals surface area contributed by atoms with Gasteiger partial charge in [0.05, 0.1) is 11.9 Å². The van der Waals surface area contributed by atoms with E-state index in [4.69, 9.17) is 0 Å². The van der Waals surface area contributed by atoms with Crippen LogP contribution in [0.1, 0.15) is 16.9 Å². The topological polar surface area (TPSA) is 108 Å². The van der Waals surface area contributed by atoms with Crippen LogP contribution in [0, 0.1) is 0 Å². The van der Waals surface area contributed by atoms with E-state index in [1.54, 1.807) is 23.9 Å². The van der Waals surface area contributed by atoms with Crippen LogP contribution < -0.4 is 16.2 Å². The monoisotopic (exact) mass is 411 g/mol. The maximum Gasteiger partial charge on any atom is 0.333 e. The molecule has 150 valence electrons. The van der Waals surface area contributed by atoms with Crippen LogP contribution in [0.15, 0.2) is 71.8 Å². The summed E-state index contributed by atoms with van der Waals surface area (Å²) in [6.45, 7) is 0.468. The molecule has 3 rings (SSSR count). The first-order chi connectivity index (χ1) is 14.1. The standard InChI is InChI=1S/C20H21N5O3S/c26-17-14-25(15-8-3-1-4-9-15)24-18(17)19(27)22-23-20(28)21-12-7-13-29-16-10-5-2-6-11-16/h1-6,8-11,14,26H,7,12-13H2,(H,22,27)(H2,21,23,28). The van der Waals surface area contributed by atoms with E-state index in [1.165, 1.54) is 15.8 Å². The Morgan fingerprint density at radius 2 is 1.69 bits per heavy atom. The summed E-state index contributed by atoms with van der Waals surface area (Å²) in [6, 6.07) is 18.5. The number of amides is 3. The molecule has 29 heavy (non-hydrogen) atoms. The molecule has 0 aliphatic rings. The number of para-hydroxylation sites is 1. The first-order valence-corrected chi connectivity index (χ1v) is 9.98. The number of hydrogen-bond donors (Lipinski definition) is 4. The van der Waals surface area contributed by atoms with Gasteiger partial charge in [0.1, 0.15) is 0 Å². The fraction of sp³-hybridized carbons (Fsp3) is 0.150. The van der Waals surface area contributed by atoms with Crippen LogP contribution in [0.2, 0.25) is 0 Å². The predicted molar refractivity (Wildman–Crippen MR) is 111 cm³/mol. The summed E-state index contributed by atoms with van der Waals surface area (Å²) in [5, 5.41) is 16.7. The lowest BCUT2D eigenvalue weighted by Gasteiger charge is -2.08. The van der Waals surface area contributed by atoms with Gasteiger partial charge in [0.2, 0.25) is 0 Å². The van der Waals surface area contributed by atoms with Crippen molar-refractivity contribution in [3.05, 3.63) is 72.6 Å². The summed E-state index contributed by atoms with van der Waals surface area (Å²) in [5.74, 6) is -0.139. The Balaban J connectivity index is 1.39. The Hall–Kier alpha value is -3.46. The first-order valence-electron chi connectivity index (χ1n) is 8.99. The number of urea groups is 1. The van der Waals surface area contributed by atoms with Crippen molar-refractivity contribution in [2.45, 2.75) is 11.3 Å². The minimum Gasteiger partial charge on any atom is -0.504 e. The van der Waals surface area contributed by atoms with Gasteiger partial charge < -0.3 is 10.4 Å². The van der Waals surface area contributed by atoms with E-state index < -0.39 is 11.9 Å². The number of aromatic hydroxyl groups is 1. The molecule has 1 heterocycles. The van der Waals surface area contributed by atoms with Gasteiger partial charge in [-0.2, -0.15) is 5.10 Å². The zero-order valence-electron chi connectivity index (χ0n) is 15.5. The summed E-state index contributed by atoms with van der Waals surface area (Å²) < 4.78 is 1.38. The van der Waals surface area contributed by atoms with Crippen molar-refractivity contribution in [1.29, 1.82) is 0 Å². The van der Waals surface area contributed by atoms with Gasteiger partial charge in [-0.3, -0.25) is 10.2 Å². The Kier molecular flexibility index (Phi) is 7.12. The minimum absolute atomic E-state index is 0.187. The molecule has 0 saturated carbocycles. The third-order valence-corrected chi connectivity index (χ3v) is 4.94. The number of nitrogens with one attached hydrogen (secondary N) is 3. The number of benzene rings is 2. The third kappa shape index (κ3) is 6.01. The summed E-state index contributed by atoms with van der Waals surface area (Å²) in [5.41, 5.74) is 4.99. The highest BCUT2D eigenvalue weighted by Gasteiger charge is 2.17. The molecule has 0 saturated heterocycles. The van der Waals surface area contributed by atoms with Gasteiger partial charge in [0, 0.05) is 11.4 Å². The molecule has 4 N–H and O–H groups in total. The number of hydrogen-bond acceptors (Lipinski definition) is 5. The average molecular weight is 411 g/mol. The Morgan fingerprint density at radius 3 is 2.41 bits per heavy atom. The van der Waals surface area contributed by atoms with Crippen molar-refractivity contribution in [2.75, 3.05) is 12.3 Å². The van der Waals surface area contributed by atoms with E-state index in [1.807, 2.05) is 48.5 Å². The highest BCUT2D eigenvalue weighted by Crippen LogP contribution is 2.18. The zero-order chi connectivity index (χ0) is 20.5. The van der Waals surface area contributed by atoms with Crippen LogP contribution in [0.5, 0.6) is 5.75 Å². The summed E-state index contributed by atoms with van der Waals surface area (Å²) >= 11 is 1.71. The van der Waals surface area contributed by atoms with Gasteiger partial charge in [-0.1, -0.05) is 36.4 Å². The van der Waals surface area contributed by atoms with Crippen LogP contribution in [0.4, 0.5) is 4.79 Å². The average Bonchev–Trinajstić information content (AvgIpc) is 3.15. The lowest BCUT2D eigenvalue weighted by Crippen LogP contribution is -2.47. The summed E-state index contributed by atoms with van der Waals surface area (Å²) in [4.78, 5) is 25.1. The van der Waals surface area contributed by atoms with Crippen molar-refractivity contribution >= 4 is 23.7 Å². The Morgan fingerprint density at radius 1 is 1.00 bits per heavy atom. The summed E-state index contributed by atoms with van der Waals surface area (Å²) in [7, 11) is 0. The minimum atomic E-state index is -0.716. The highest BCUT2D eigenvalue weighted by molar-refractivity contribution is 7.99. The second kappa shape index (κ2) is 10.2. The molecule has 9 heteroatoms. The number of rotatable bonds is 7. The van der Waals surface area contributed by atoms with Crippen LogP contribution in [-0.2, 0) is 0 Å². The van der Waals surface area contributed by atoms with Crippen molar-refractivity contribution in [2.24, 2.45) is 0 Å². The van der Waals surface area contributed by atoms with E-state index >= 15 is 0 Å². The fourth-order valence-corrected chi connectivity index (χ4v) is 3.31. The van der Waals surface area contributed by atoms with E-state index in [9.17, 15) is 14.7 Å². The molecule has 3 aromatic rings. The fourth-order valence-electron chi connectivity index (χ4n) is 2.44. The molecule has 0 aliphatic heterocycles. The quantitative estimate of drug-likeness (QED) is 0.272. The molecule has 1 aromatic heterocycles. The molecule has 0 atom stereocenters. The molecule has 0 radical (unpaired) electrons. The molecule has 0 fully saturated rings. The Labute approximate surface area is 172 Å². The largest absolute Gasteiger partial charge is 0.504 e. The van der Waals surface area contributed by atoms with Crippen molar-refractivity contribution in [1.82, 2.24) is 25.9 Å². The van der Waals surface area contributed by atoms with Crippen LogP contribution in [0.3, 0.4) is 0 Å². The maximum atomic E-state index is 12.2. The second-order valence-corrected chi connectivity index (χ2v) is 7.16. The van der Waals surface area contributed by atoms with E-state index in [2.05, 4.69) is 21.3 Å². The summed E-state index contributed by atoms with van der Waals surface area (Å²) in [6.07, 6.45) is 2.11. The van der Waals surface area contributed by atoms with Crippen molar-refractivity contribution in [3.63, 3.8) is 0 Å². The predicted octanol–water partition coefficient (Wildman–Crippen LogP) is 2.70. The lowest BCUT2D eigenvalue weighted by atomic mass is 10.3. The molecule has 3 amide bonds. The number of aromatic nitrogens is 2. The maximum absolute atomic E-state index is 12.2. The second-order valence-electron chi connectivity index (χ2n) is 5.99. The molecular weight excluding hydrogens is 390 g/mol. The van der Waals surface area contributed by atoms with Gasteiger partial charge in [-0.15, -0.1) is 11.8 Å². The highest BCUT2D eigenvalue weighted by atomic mass is 32.2. The van der Waals surface area contributed by atoms with E-state index in [0.717, 1.165) is 12.2 Å². The van der Waals surface area contributed by atoms with Gasteiger partial charge in [-0.05, 0) is 36.4 Å². The number of carbonyl (C=O) groups excluding carboxylic acids is 2. The molecule has 0 aliphatic carbocycles. The van der Waals surface area contributed by atoms with Crippen LogP contribution in [-0.4, -0.2) is 39.1 Å². The first kappa shape index (κ1) is 20.3. The molecular formula is C20H21N5O3S. The van der Waals surface area contributed by atoms with Gasteiger partial charge in [-0.25, -0.2) is 14.9 Å². The van der Waals surface area contributed by atoms with Crippen molar-refractivity contribution in [3.8, 4) is 11.4 Å². The number of thioether (sulfide) groups is 1. The van der Waals surface area contributed by atoms with Crippen LogP contribution >= 0.6 is 11.8 Å². The van der Waals surface area contributed by atoms with Crippen LogP contribution in [0.25, 0.3) is 5.69 Å².